The van der Waals surface area contributed by atoms with Crippen molar-refractivity contribution in [3.05, 3.63) is 24.0 Å². The molecule has 98 valence electrons. The van der Waals surface area contributed by atoms with Gasteiger partial charge in [-0.15, -0.1) is 0 Å². The summed E-state index contributed by atoms with van der Waals surface area (Å²) in [4.78, 5) is 14.5. The Hall–Kier alpha value is -1.62. The predicted octanol–water partition coefficient (Wildman–Crippen LogP) is 2.01. The highest BCUT2D eigenvalue weighted by Gasteiger charge is 2.26. The number of nitrogens with zero attached hydrogens (tertiary/aromatic N) is 1. The van der Waals surface area contributed by atoms with Crippen molar-refractivity contribution in [2.24, 2.45) is 5.41 Å². The lowest BCUT2D eigenvalue weighted by atomic mass is 9.82. The van der Waals surface area contributed by atoms with Gasteiger partial charge in [-0.05, 0) is 30.4 Å². The summed E-state index contributed by atoms with van der Waals surface area (Å²) in [6.07, 6.45) is 3.65. The first-order valence-electron chi connectivity index (χ1n) is 6.10. The van der Waals surface area contributed by atoms with Gasteiger partial charge >= 0.3 is 5.97 Å². The smallest absolute Gasteiger partial charge is 0.354 e. The zero-order chi connectivity index (χ0) is 13.0. The van der Waals surface area contributed by atoms with E-state index in [1.54, 1.807) is 12.3 Å². The van der Waals surface area contributed by atoms with Gasteiger partial charge in [0.1, 0.15) is 5.69 Å². The molecule has 1 saturated heterocycles. The summed E-state index contributed by atoms with van der Waals surface area (Å²) in [7, 11) is 0. The lowest BCUT2D eigenvalue weighted by molar-refractivity contribution is 0.0300. The first-order valence-corrected chi connectivity index (χ1v) is 6.10. The standard InChI is InChI=1S/C13H18N2O3/c1-13(4-6-18-7-5-13)9-15-10-2-3-11(12(16)17)14-8-10/h2-3,8,15H,4-7,9H2,1H3,(H,16,17). The van der Waals surface area contributed by atoms with Gasteiger partial charge in [-0.3, -0.25) is 0 Å². The van der Waals surface area contributed by atoms with Gasteiger partial charge in [0.15, 0.2) is 0 Å². The number of rotatable bonds is 4. The molecule has 0 unspecified atom stereocenters. The molecule has 18 heavy (non-hydrogen) atoms. The number of carboxylic acids is 1. The van der Waals surface area contributed by atoms with Crippen LogP contribution in [0.15, 0.2) is 18.3 Å². The van der Waals surface area contributed by atoms with Gasteiger partial charge in [0.05, 0.1) is 11.9 Å². The van der Waals surface area contributed by atoms with Crippen molar-refractivity contribution in [2.75, 3.05) is 25.1 Å². The van der Waals surface area contributed by atoms with E-state index < -0.39 is 5.97 Å². The molecule has 2 rings (SSSR count). The van der Waals surface area contributed by atoms with Crippen molar-refractivity contribution >= 4 is 11.7 Å². The number of hydrogen-bond acceptors (Lipinski definition) is 4. The Kier molecular flexibility index (Phi) is 3.81. The van der Waals surface area contributed by atoms with E-state index in [0.29, 0.717) is 0 Å². The predicted molar refractivity (Wildman–Crippen MR) is 67.8 cm³/mol. The Morgan fingerprint density at radius 2 is 2.22 bits per heavy atom. The highest BCUT2D eigenvalue weighted by Crippen LogP contribution is 2.29. The molecule has 0 atom stereocenters. The van der Waals surface area contributed by atoms with E-state index in [4.69, 9.17) is 9.84 Å². The van der Waals surface area contributed by atoms with Gasteiger partial charge in [0.2, 0.25) is 0 Å². The maximum Gasteiger partial charge on any atom is 0.354 e. The molecule has 1 aromatic rings. The van der Waals surface area contributed by atoms with Crippen LogP contribution in [0.4, 0.5) is 5.69 Å². The number of carbonyl (C=O) groups is 1. The molecule has 0 radical (unpaired) electrons. The van der Waals surface area contributed by atoms with Crippen molar-refractivity contribution in [3.8, 4) is 0 Å². The number of ether oxygens (including phenoxy) is 1. The summed E-state index contributed by atoms with van der Waals surface area (Å²) < 4.78 is 5.35. The van der Waals surface area contributed by atoms with E-state index in [9.17, 15) is 4.79 Å². The van der Waals surface area contributed by atoms with E-state index in [1.807, 2.05) is 0 Å². The van der Waals surface area contributed by atoms with Crippen molar-refractivity contribution in [1.82, 2.24) is 4.98 Å². The van der Waals surface area contributed by atoms with Gasteiger partial charge in [-0.2, -0.15) is 0 Å². The number of aromatic nitrogens is 1. The van der Waals surface area contributed by atoms with Gasteiger partial charge < -0.3 is 15.2 Å². The maximum atomic E-state index is 10.7. The van der Waals surface area contributed by atoms with Crippen LogP contribution < -0.4 is 5.32 Å². The molecule has 1 aliphatic rings. The largest absolute Gasteiger partial charge is 0.477 e. The van der Waals surface area contributed by atoms with Crippen LogP contribution in [0, 0.1) is 5.41 Å². The number of carboxylic acid groups (broad SMARTS) is 1. The average molecular weight is 250 g/mol. The van der Waals surface area contributed by atoms with Crippen LogP contribution in [0.2, 0.25) is 0 Å². The Balaban J connectivity index is 1.91. The zero-order valence-corrected chi connectivity index (χ0v) is 10.5. The van der Waals surface area contributed by atoms with Crippen LogP contribution in [0.5, 0.6) is 0 Å². The number of hydrogen-bond donors (Lipinski definition) is 2. The lowest BCUT2D eigenvalue weighted by Gasteiger charge is -2.33. The molecule has 0 aromatic carbocycles. The average Bonchev–Trinajstić information content (AvgIpc) is 2.38. The number of nitrogens with one attached hydrogen (secondary N) is 1. The van der Waals surface area contributed by atoms with Crippen LogP contribution >= 0.6 is 0 Å². The monoisotopic (exact) mass is 250 g/mol. The number of anilines is 1. The zero-order valence-electron chi connectivity index (χ0n) is 10.5. The van der Waals surface area contributed by atoms with E-state index in [2.05, 4.69) is 17.2 Å². The highest BCUT2D eigenvalue weighted by atomic mass is 16.5. The molecule has 0 saturated carbocycles. The van der Waals surface area contributed by atoms with Crippen molar-refractivity contribution in [1.29, 1.82) is 0 Å². The fourth-order valence-corrected chi connectivity index (χ4v) is 1.98. The third kappa shape index (κ3) is 3.20. The van der Waals surface area contributed by atoms with Gasteiger partial charge in [0, 0.05) is 19.8 Å². The summed E-state index contributed by atoms with van der Waals surface area (Å²) in [6, 6.07) is 3.26. The van der Waals surface area contributed by atoms with Crippen LogP contribution in [0.3, 0.4) is 0 Å². The Labute approximate surface area is 106 Å². The summed E-state index contributed by atoms with van der Waals surface area (Å²) in [6.45, 7) is 4.72. The van der Waals surface area contributed by atoms with Crippen molar-refractivity contribution < 1.29 is 14.6 Å². The molecule has 0 bridgehead atoms. The van der Waals surface area contributed by atoms with E-state index >= 15 is 0 Å². The molecule has 1 fully saturated rings. The van der Waals surface area contributed by atoms with Gasteiger partial charge in [-0.25, -0.2) is 9.78 Å². The quantitative estimate of drug-likeness (QED) is 0.855. The van der Waals surface area contributed by atoms with E-state index in [0.717, 1.165) is 38.3 Å². The highest BCUT2D eigenvalue weighted by molar-refractivity contribution is 5.85. The first-order chi connectivity index (χ1) is 8.59. The molecule has 0 spiro atoms. The van der Waals surface area contributed by atoms with Gasteiger partial charge in [-0.1, -0.05) is 6.92 Å². The fraction of sp³-hybridized carbons (Fsp3) is 0.538. The maximum absolute atomic E-state index is 10.7. The number of aromatic carboxylic acids is 1. The molecular weight excluding hydrogens is 232 g/mol. The van der Waals surface area contributed by atoms with Crippen molar-refractivity contribution in [2.45, 2.75) is 19.8 Å². The van der Waals surface area contributed by atoms with Crippen LogP contribution in [-0.4, -0.2) is 35.8 Å². The topological polar surface area (TPSA) is 71.5 Å². The fourth-order valence-electron chi connectivity index (χ4n) is 1.98. The minimum absolute atomic E-state index is 0.0674. The SMILES string of the molecule is CC1(CNc2ccc(C(=O)O)nc2)CCOCC1. The van der Waals surface area contributed by atoms with Crippen LogP contribution in [0.25, 0.3) is 0 Å². The molecular formula is C13H18N2O3. The second kappa shape index (κ2) is 5.35. The summed E-state index contributed by atoms with van der Waals surface area (Å²) in [5.74, 6) is -1.00. The van der Waals surface area contributed by atoms with Crippen LogP contribution in [0.1, 0.15) is 30.3 Å². The minimum Gasteiger partial charge on any atom is -0.477 e. The Morgan fingerprint density at radius 1 is 1.50 bits per heavy atom. The van der Waals surface area contributed by atoms with Gasteiger partial charge in [0.25, 0.3) is 0 Å². The minimum atomic E-state index is -1.00. The lowest BCUT2D eigenvalue weighted by Crippen LogP contribution is -2.33. The number of pyridine rings is 1. The van der Waals surface area contributed by atoms with Crippen LogP contribution in [-0.2, 0) is 4.74 Å². The third-order valence-electron chi connectivity index (χ3n) is 3.40. The molecule has 0 aliphatic carbocycles. The second-order valence-electron chi connectivity index (χ2n) is 5.01. The van der Waals surface area contributed by atoms with E-state index in [1.165, 1.54) is 6.07 Å². The Morgan fingerprint density at radius 3 is 2.78 bits per heavy atom. The molecule has 1 aliphatic heterocycles. The molecule has 0 amide bonds. The summed E-state index contributed by atoms with van der Waals surface area (Å²) >= 11 is 0. The Bertz CT molecular complexity index is 411. The molecule has 5 heteroatoms. The molecule has 5 nitrogen and oxygen atoms in total. The molecule has 2 heterocycles. The normalized spacial score (nSPS) is 18.3. The molecule has 2 N–H and O–H groups in total. The van der Waals surface area contributed by atoms with E-state index in [-0.39, 0.29) is 11.1 Å². The summed E-state index contributed by atoms with van der Waals surface area (Å²) in [5.41, 5.74) is 1.16. The first kappa shape index (κ1) is 12.8. The molecule has 1 aromatic heterocycles. The van der Waals surface area contributed by atoms with Crippen molar-refractivity contribution in [3.63, 3.8) is 0 Å². The third-order valence-corrected chi connectivity index (χ3v) is 3.40. The second-order valence-corrected chi connectivity index (χ2v) is 5.01. The summed E-state index contributed by atoms with van der Waals surface area (Å²) in [5, 5.41) is 12.1.